The van der Waals surface area contributed by atoms with Gasteiger partial charge in [0.25, 0.3) is 0 Å². The highest BCUT2D eigenvalue weighted by atomic mass is 79.9. The molecule has 1 aliphatic carbocycles. The van der Waals surface area contributed by atoms with Crippen LogP contribution in [-0.4, -0.2) is 17.6 Å². The van der Waals surface area contributed by atoms with E-state index in [2.05, 4.69) is 39.2 Å². The van der Waals surface area contributed by atoms with Crippen LogP contribution in [0.1, 0.15) is 31.7 Å². The molecule has 1 aromatic rings. The smallest absolute Gasteiger partial charge is 0.0410 e. The first-order valence-corrected chi connectivity index (χ1v) is 6.91. The van der Waals surface area contributed by atoms with Gasteiger partial charge in [0.15, 0.2) is 0 Å². The molecule has 1 unspecified atom stereocenters. The van der Waals surface area contributed by atoms with Crippen molar-refractivity contribution < 1.29 is 0 Å². The van der Waals surface area contributed by atoms with Gasteiger partial charge in [-0.3, -0.25) is 4.98 Å². The van der Waals surface area contributed by atoms with Crippen molar-refractivity contribution in [2.24, 2.45) is 5.92 Å². The number of hydrogen-bond donors (Lipinski definition) is 1. The number of nitrogens with zero attached hydrogens (tertiary/aromatic N) is 1. The molecule has 1 aliphatic rings. The van der Waals surface area contributed by atoms with Crippen LogP contribution in [0.25, 0.3) is 0 Å². The van der Waals surface area contributed by atoms with Gasteiger partial charge < -0.3 is 5.32 Å². The third kappa shape index (κ3) is 3.56. The molecule has 0 bridgehead atoms. The maximum atomic E-state index is 4.22. The Labute approximate surface area is 106 Å². The highest BCUT2D eigenvalue weighted by Gasteiger charge is 2.30. The average Bonchev–Trinajstić information content (AvgIpc) is 3.08. The summed E-state index contributed by atoms with van der Waals surface area (Å²) in [5.41, 5.74) is 1.33. The van der Waals surface area contributed by atoms with Gasteiger partial charge >= 0.3 is 0 Å². The van der Waals surface area contributed by atoms with Crippen molar-refractivity contribution >= 4 is 15.9 Å². The van der Waals surface area contributed by atoms with Gasteiger partial charge in [-0.1, -0.05) is 6.92 Å². The molecule has 3 heteroatoms. The molecular weight excluding hydrogens is 264 g/mol. The zero-order chi connectivity index (χ0) is 11.4. The Hall–Kier alpha value is -0.410. The zero-order valence-electron chi connectivity index (χ0n) is 9.75. The molecule has 1 atom stereocenters. The van der Waals surface area contributed by atoms with Gasteiger partial charge in [-0.2, -0.15) is 0 Å². The second-order valence-corrected chi connectivity index (χ2v) is 5.53. The van der Waals surface area contributed by atoms with Gasteiger partial charge in [0.05, 0.1) is 0 Å². The van der Waals surface area contributed by atoms with E-state index in [-0.39, 0.29) is 0 Å². The van der Waals surface area contributed by atoms with Crippen molar-refractivity contribution in [2.75, 3.05) is 6.54 Å². The summed E-state index contributed by atoms with van der Waals surface area (Å²) < 4.78 is 1.08. The van der Waals surface area contributed by atoms with E-state index in [1.165, 1.54) is 24.8 Å². The third-order valence-corrected chi connectivity index (χ3v) is 3.50. The fraction of sp³-hybridized carbons (Fsp3) is 0.615. The second kappa shape index (κ2) is 5.78. The first-order valence-electron chi connectivity index (χ1n) is 6.12. The van der Waals surface area contributed by atoms with Crippen molar-refractivity contribution in [3.63, 3.8) is 0 Å². The topological polar surface area (TPSA) is 24.9 Å². The van der Waals surface area contributed by atoms with Crippen LogP contribution >= 0.6 is 15.9 Å². The summed E-state index contributed by atoms with van der Waals surface area (Å²) in [6, 6.07) is 2.83. The lowest BCUT2D eigenvalue weighted by Crippen LogP contribution is -2.33. The minimum absolute atomic E-state index is 0.649. The maximum absolute atomic E-state index is 4.22. The maximum Gasteiger partial charge on any atom is 0.0410 e. The van der Waals surface area contributed by atoms with Crippen molar-refractivity contribution in [2.45, 2.75) is 38.6 Å². The van der Waals surface area contributed by atoms with E-state index < -0.39 is 0 Å². The normalized spacial score (nSPS) is 17.4. The molecule has 2 nitrogen and oxygen atoms in total. The van der Waals surface area contributed by atoms with Crippen LogP contribution in [0.3, 0.4) is 0 Å². The highest BCUT2D eigenvalue weighted by molar-refractivity contribution is 9.10. The molecule has 0 amide bonds. The molecule has 0 spiro atoms. The van der Waals surface area contributed by atoms with Crippen molar-refractivity contribution in [1.29, 1.82) is 0 Å². The molecule has 2 rings (SSSR count). The molecular formula is C13H19BrN2. The van der Waals surface area contributed by atoms with E-state index in [0.29, 0.717) is 6.04 Å². The summed E-state index contributed by atoms with van der Waals surface area (Å²) in [4.78, 5) is 4.22. The van der Waals surface area contributed by atoms with E-state index in [0.717, 1.165) is 23.4 Å². The van der Waals surface area contributed by atoms with Gasteiger partial charge in [-0.05, 0) is 65.7 Å². The van der Waals surface area contributed by atoms with Crippen LogP contribution in [0, 0.1) is 5.92 Å². The second-order valence-electron chi connectivity index (χ2n) is 4.61. The molecule has 1 N–H and O–H groups in total. The highest BCUT2D eigenvalue weighted by Crippen LogP contribution is 2.34. The Morgan fingerprint density at radius 1 is 1.50 bits per heavy atom. The Morgan fingerprint density at radius 3 is 2.94 bits per heavy atom. The fourth-order valence-electron chi connectivity index (χ4n) is 2.06. The number of pyridine rings is 1. The molecule has 0 aromatic carbocycles. The molecule has 16 heavy (non-hydrogen) atoms. The van der Waals surface area contributed by atoms with E-state index in [9.17, 15) is 0 Å². The summed E-state index contributed by atoms with van der Waals surface area (Å²) in [5, 5.41) is 3.66. The Bertz CT molecular complexity index is 336. The SMILES string of the molecule is CCCNC(Cc1cncc(Br)c1)C1CC1. The Balaban J connectivity index is 1.94. The summed E-state index contributed by atoms with van der Waals surface area (Å²) in [6.45, 7) is 3.35. The third-order valence-electron chi connectivity index (χ3n) is 3.06. The van der Waals surface area contributed by atoms with E-state index in [1.54, 1.807) is 0 Å². The fourth-order valence-corrected chi connectivity index (χ4v) is 2.47. The molecule has 1 aromatic heterocycles. The number of rotatable bonds is 6. The predicted octanol–water partition coefficient (Wildman–Crippen LogP) is 3.16. The summed E-state index contributed by atoms with van der Waals surface area (Å²) >= 11 is 3.47. The van der Waals surface area contributed by atoms with Gasteiger partial charge in [-0.25, -0.2) is 0 Å². The first kappa shape index (κ1) is 12.1. The first-order chi connectivity index (χ1) is 7.79. The van der Waals surface area contributed by atoms with Crippen LogP contribution in [0.5, 0.6) is 0 Å². The van der Waals surface area contributed by atoms with Gasteiger partial charge in [0.2, 0.25) is 0 Å². The molecule has 0 aliphatic heterocycles. The molecule has 0 radical (unpaired) electrons. The predicted molar refractivity (Wildman–Crippen MR) is 70.4 cm³/mol. The zero-order valence-corrected chi connectivity index (χ0v) is 11.3. The van der Waals surface area contributed by atoms with Crippen molar-refractivity contribution in [3.8, 4) is 0 Å². The molecule has 0 saturated heterocycles. The lowest BCUT2D eigenvalue weighted by Gasteiger charge is -2.17. The summed E-state index contributed by atoms with van der Waals surface area (Å²) in [6.07, 6.45) is 8.92. The van der Waals surface area contributed by atoms with Crippen molar-refractivity contribution in [3.05, 3.63) is 28.5 Å². The molecule has 88 valence electrons. The van der Waals surface area contributed by atoms with Crippen molar-refractivity contribution in [1.82, 2.24) is 10.3 Å². The van der Waals surface area contributed by atoms with Crippen LogP contribution in [-0.2, 0) is 6.42 Å². The number of halogens is 1. The lowest BCUT2D eigenvalue weighted by molar-refractivity contribution is 0.459. The lowest BCUT2D eigenvalue weighted by atomic mass is 10.0. The Morgan fingerprint density at radius 2 is 2.31 bits per heavy atom. The van der Waals surface area contributed by atoms with E-state index in [1.807, 2.05) is 12.4 Å². The largest absolute Gasteiger partial charge is 0.313 e. The summed E-state index contributed by atoms with van der Waals surface area (Å²) in [7, 11) is 0. The minimum atomic E-state index is 0.649. The van der Waals surface area contributed by atoms with Crippen LogP contribution < -0.4 is 5.32 Å². The van der Waals surface area contributed by atoms with Crippen LogP contribution in [0.4, 0.5) is 0 Å². The van der Waals surface area contributed by atoms with Crippen LogP contribution in [0.15, 0.2) is 22.9 Å². The Kier molecular flexibility index (Phi) is 4.36. The summed E-state index contributed by atoms with van der Waals surface area (Å²) in [5.74, 6) is 0.894. The van der Waals surface area contributed by atoms with Crippen LogP contribution in [0.2, 0.25) is 0 Å². The number of aromatic nitrogens is 1. The number of hydrogen-bond acceptors (Lipinski definition) is 2. The standard InChI is InChI=1S/C13H19BrN2/c1-2-5-16-13(11-3-4-11)7-10-6-12(14)9-15-8-10/h6,8-9,11,13,16H,2-5,7H2,1H3. The molecule has 1 fully saturated rings. The van der Waals surface area contributed by atoms with Gasteiger partial charge in [0.1, 0.15) is 0 Å². The van der Waals surface area contributed by atoms with Gasteiger partial charge in [-0.15, -0.1) is 0 Å². The molecule has 1 saturated carbocycles. The quantitative estimate of drug-likeness (QED) is 0.867. The minimum Gasteiger partial charge on any atom is -0.313 e. The molecule has 1 heterocycles. The van der Waals surface area contributed by atoms with E-state index >= 15 is 0 Å². The van der Waals surface area contributed by atoms with E-state index in [4.69, 9.17) is 0 Å². The monoisotopic (exact) mass is 282 g/mol. The average molecular weight is 283 g/mol. The number of nitrogens with one attached hydrogen (secondary N) is 1. The van der Waals surface area contributed by atoms with Gasteiger partial charge in [0, 0.05) is 22.9 Å².